The van der Waals surface area contributed by atoms with E-state index in [0.717, 1.165) is 64.7 Å². The van der Waals surface area contributed by atoms with Gasteiger partial charge < -0.3 is 9.80 Å². The molecule has 1 atom stereocenters. The fraction of sp³-hybridized carbons (Fsp3) is 0.857. The van der Waals surface area contributed by atoms with E-state index in [1.807, 2.05) is 9.80 Å². The molecule has 0 radical (unpaired) electrons. The van der Waals surface area contributed by atoms with Gasteiger partial charge in [0, 0.05) is 39.0 Å². The molecule has 0 N–H and O–H groups in total. The SMILES string of the molecule is CC(CCCN1CCCC1=O)CN1CCCC1=O. The zero-order valence-corrected chi connectivity index (χ0v) is 11.4. The van der Waals surface area contributed by atoms with Crippen molar-refractivity contribution < 1.29 is 9.59 Å². The minimum absolute atomic E-state index is 0.316. The molecule has 0 aromatic rings. The zero-order chi connectivity index (χ0) is 13.0. The van der Waals surface area contributed by atoms with Crippen LogP contribution in [0.25, 0.3) is 0 Å². The summed E-state index contributed by atoms with van der Waals surface area (Å²) >= 11 is 0. The fourth-order valence-corrected chi connectivity index (χ4v) is 2.94. The number of hydrogen-bond acceptors (Lipinski definition) is 2. The molecule has 4 heteroatoms. The van der Waals surface area contributed by atoms with Crippen molar-refractivity contribution in [2.75, 3.05) is 26.2 Å². The maximum Gasteiger partial charge on any atom is 0.222 e. The Morgan fingerprint density at radius 2 is 1.67 bits per heavy atom. The van der Waals surface area contributed by atoms with Crippen molar-refractivity contribution in [2.24, 2.45) is 5.92 Å². The van der Waals surface area contributed by atoms with Crippen molar-refractivity contribution in [1.29, 1.82) is 0 Å². The fourth-order valence-electron chi connectivity index (χ4n) is 2.94. The quantitative estimate of drug-likeness (QED) is 0.721. The first-order valence-corrected chi connectivity index (χ1v) is 7.22. The van der Waals surface area contributed by atoms with Crippen LogP contribution in [0.2, 0.25) is 0 Å². The third kappa shape index (κ3) is 3.47. The molecule has 0 aromatic carbocycles. The average Bonchev–Trinajstić information content (AvgIpc) is 2.90. The molecular formula is C14H24N2O2. The van der Waals surface area contributed by atoms with Gasteiger partial charge in [0.2, 0.25) is 11.8 Å². The Kier molecular flexibility index (Phi) is 4.61. The van der Waals surface area contributed by atoms with Crippen LogP contribution in [0, 0.1) is 5.92 Å². The van der Waals surface area contributed by atoms with Crippen molar-refractivity contribution in [1.82, 2.24) is 9.80 Å². The molecule has 2 heterocycles. The van der Waals surface area contributed by atoms with Crippen LogP contribution in [0.15, 0.2) is 0 Å². The third-order valence-electron chi connectivity index (χ3n) is 4.00. The minimum atomic E-state index is 0.316. The van der Waals surface area contributed by atoms with Gasteiger partial charge >= 0.3 is 0 Å². The molecule has 2 aliphatic heterocycles. The Balaban J connectivity index is 1.61. The lowest BCUT2D eigenvalue weighted by Crippen LogP contribution is -2.30. The van der Waals surface area contributed by atoms with Crippen LogP contribution in [-0.4, -0.2) is 47.8 Å². The Morgan fingerprint density at radius 3 is 2.22 bits per heavy atom. The molecule has 0 spiro atoms. The topological polar surface area (TPSA) is 40.6 Å². The van der Waals surface area contributed by atoms with Crippen molar-refractivity contribution in [3.05, 3.63) is 0 Å². The Labute approximate surface area is 109 Å². The molecule has 2 rings (SSSR count). The van der Waals surface area contributed by atoms with E-state index in [2.05, 4.69) is 6.92 Å². The van der Waals surface area contributed by atoms with Crippen molar-refractivity contribution in [2.45, 2.75) is 45.4 Å². The summed E-state index contributed by atoms with van der Waals surface area (Å²) in [5.41, 5.74) is 0. The lowest BCUT2D eigenvalue weighted by atomic mass is 10.0. The maximum absolute atomic E-state index is 11.5. The van der Waals surface area contributed by atoms with Crippen LogP contribution in [0.4, 0.5) is 0 Å². The average molecular weight is 252 g/mol. The molecule has 2 fully saturated rings. The monoisotopic (exact) mass is 252 g/mol. The van der Waals surface area contributed by atoms with Crippen LogP contribution in [0.1, 0.15) is 45.4 Å². The van der Waals surface area contributed by atoms with E-state index >= 15 is 0 Å². The Hall–Kier alpha value is -1.06. The molecule has 2 amide bonds. The summed E-state index contributed by atoms with van der Waals surface area (Å²) in [6.07, 6.45) is 5.68. The molecule has 2 saturated heterocycles. The molecular weight excluding hydrogens is 228 g/mol. The number of likely N-dealkylation sites (tertiary alicyclic amines) is 2. The van der Waals surface area contributed by atoms with Crippen LogP contribution in [0.5, 0.6) is 0 Å². The van der Waals surface area contributed by atoms with Gasteiger partial charge in [0.05, 0.1) is 0 Å². The largest absolute Gasteiger partial charge is 0.343 e. The number of carbonyl (C=O) groups excluding carboxylic acids is 2. The van der Waals surface area contributed by atoms with Crippen LogP contribution >= 0.6 is 0 Å². The van der Waals surface area contributed by atoms with E-state index in [0.29, 0.717) is 17.7 Å². The number of carbonyl (C=O) groups is 2. The summed E-state index contributed by atoms with van der Waals surface area (Å²) in [6.45, 7) is 5.88. The van der Waals surface area contributed by atoms with E-state index in [1.165, 1.54) is 0 Å². The second-order valence-electron chi connectivity index (χ2n) is 5.68. The maximum atomic E-state index is 11.5. The molecule has 0 aliphatic carbocycles. The first-order chi connectivity index (χ1) is 8.66. The van der Waals surface area contributed by atoms with Gasteiger partial charge in [0.1, 0.15) is 0 Å². The molecule has 1 unspecified atom stereocenters. The van der Waals surface area contributed by atoms with Gasteiger partial charge in [-0.3, -0.25) is 9.59 Å². The van der Waals surface area contributed by atoms with E-state index in [-0.39, 0.29) is 0 Å². The highest BCUT2D eigenvalue weighted by Gasteiger charge is 2.22. The molecule has 0 aromatic heterocycles. The number of amides is 2. The molecule has 0 saturated carbocycles. The van der Waals surface area contributed by atoms with Crippen molar-refractivity contribution in [3.63, 3.8) is 0 Å². The second kappa shape index (κ2) is 6.21. The van der Waals surface area contributed by atoms with Crippen molar-refractivity contribution >= 4 is 11.8 Å². The molecule has 102 valence electrons. The highest BCUT2D eigenvalue weighted by Crippen LogP contribution is 2.16. The molecule has 18 heavy (non-hydrogen) atoms. The van der Waals surface area contributed by atoms with Crippen LogP contribution < -0.4 is 0 Å². The van der Waals surface area contributed by atoms with E-state index < -0.39 is 0 Å². The molecule has 0 bridgehead atoms. The van der Waals surface area contributed by atoms with E-state index in [9.17, 15) is 9.59 Å². The Morgan fingerprint density at radius 1 is 1.06 bits per heavy atom. The molecule has 4 nitrogen and oxygen atoms in total. The van der Waals surface area contributed by atoms with E-state index in [1.54, 1.807) is 0 Å². The number of nitrogens with zero attached hydrogens (tertiary/aromatic N) is 2. The summed E-state index contributed by atoms with van der Waals surface area (Å²) in [5, 5.41) is 0. The van der Waals surface area contributed by atoms with Gasteiger partial charge in [-0.2, -0.15) is 0 Å². The van der Waals surface area contributed by atoms with Gasteiger partial charge in [-0.15, -0.1) is 0 Å². The summed E-state index contributed by atoms with van der Waals surface area (Å²) in [7, 11) is 0. The standard InChI is InChI=1S/C14H24N2O2/c1-12(11-16-10-4-7-14(16)18)5-2-8-15-9-3-6-13(15)17/h12H,2-11H2,1H3. The normalized spacial score (nSPS) is 22.1. The van der Waals surface area contributed by atoms with Gasteiger partial charge in [0.15, 0.2) is 0 Å². The summed E-state index contributed by atoms with van der Waals surface area (Å²) in [4.78, 5) is 26.9. The zero-order valence-electron chi connectivity index (χ0n) is 11.4. The highest BCUT2D eigenvalue weighted by molar-refractivity contribution is 5.78. The number of hydrogen-bond donors (Lipinski definition) is 0. The summed E-state index contributed by atoms with van der Waals surface area (Å²) < 4.78 is 0. The first-order valence-electron chi connectivity index (χ1n) is 7.22. The third-order valence-corrected chi connectivity index (χ3v) is 4.00. The highest BCUT2D eigenvalue weighted by atomic mass is 16.2. The predicted octanol–water partition coefficient (Wildman–Crippen LogP) is 1.65. The number of rotatable bonds is 6. The van der Waals surface area contributed by atoms with Gasteiger partial charge in [-0.05, 0) is 31.6 Å². The lowest BCUT2D eigenvalue weighted by Gasteiger charge is -2.22. The van der Waals surface area contributed by atoms with Gasteiger partial charge in [0.25, 0.3) is 0 Å². The molecule has 2 aliphatic rings. The summed E-state index contributed by atoms with van der Waals surface area (Å²) in [6, 6.07) is 0. The smallest absolute Gasteiger partial charge is 0.222 e. The second-order valence-corrected chi connectivity index (χ2v) is 5.68. The van der Waals surface area contributed by atoms with Gasteiger partial charge in [-0.25, -0.2) is 0 Å². The van der Waals surface area contributed by atoms with Crippen LogP contribution in [0.3, 0.4) is 0 Å². The summed E-state index contributed by atoms with van der Waals surface area (Å²) in [5.74, 6) is 1.18. The van der Waals surface area contributed by atoms with Gasteiger partial charge in [-0.1, -0.05) is 6.92 Å². The predicted molar refractivity (Wildman–Crippen MR) is 70.0 cm³/mol. The first kappa shape index (κ1) is 13.4. The lowest BCUT2D eigenvalue weighted by molar-refractivity contribution is -0.128. The minimum Gasteiger partial charge on any atom is -0.343 e. The Bertz CT molecular complexity index is 317. The van der Waals surface area contributed by atoms with Crippen LogP contribution in [-0.2, 0) is 9.59 Å². The van der Waals surface area contributed by atoms with Crippen molar-refractivity contribution in [3.8, 4) is 0 Å². The van der Waals surface area contributed by atoms with E-state index in [4.69, 9.17) is 0 Å².